The molecule has 32 heavy (non-hydrogen) atoms. The van der Waals surface area contributed by atoms with Crippen molar-refractivity contribution in [2.24, 2.45) is 0 Å². The summed E-state index contributed by atoms with van der Waals surface area (Å²) in [5.74, 6) is -0.503. The average Bonchev–Trinajstić information content (AvgIpc) is 3.03. The summed E-state index contributed by atoms with van der Waals surface area (Å²) >= 11 is 0.668. The molecule has 1 saturated heterocycles. The first-order valence-electron chi connectivity index (χ1n) is 9.75. The number of rotatable bonds is 6. The van der Waals surface area contributed by atoms with Gasteiger partial charge >= 0.3 is 5.63 Å². The number of nitrogens with one attached hydrogen (secondary N) is 1. The number of hydrogen-bond acceptors (Lipinski definition) is 7. The highest BCUT2D eigenvalue weighted by Gasteiger charge is 2.36. The summed E-state index contributed by atoms with van der Waals surface area (Å²) in [7, 11) is 0. The number of carbonyl (C=O) groups is 3. The number of fused-ring (bicyclic) bond motifs is 1. The zero-order chi connectivity index (χ0) is 22.7. The fourth-order valence-electron chi connectivity index (χ4n) is 3.10. The Hall–Kier alpha value is -3.85. The van der Waals surface area contributed by atoms with Crippen LogP contribution in [0.2, 0.25) is 0 Å². The number of nitrogens with zero attached hydrogens (tertiary/aromatic N) is 1. The van der Waals surface area contributed by atoms with Gasteiger partial charge in [-0.25, -0.2) is 4.79 Å². The van der Waals surface area contributed by atoms with Crippen molar-refractivity contribution >= 4 is 51.5 Å². The van der Waals surface area contributed by atoms with E-state index >= 15 is 0 Å². The van der Waals surface area contributed by atoms with Crippen LogP contribution >= 0.6 is 11.8 Å². The average molecular weight is 450 g/mol. The van der Waals surface area contributed by atoms with Gasteiger partial charge in [-0.15, -0.1) is 0 Å². The maximum atomic E-state index is 12.7. The number of ether oxygens (including phenoxy) is 1. The molecule has 8 nitrogen and oxygen atoms in total. The van der Waals surface area contributed by atoms with Crippen LogP contribution < -0.4 is 15.7 Å². The van der Waals surface area contributed by atoms with E-state index in [1.165, 1.54) is 6.08 Å². The number of anilines is 1. The summed E-state index contributed by atoms with van der Waals surface area (Å²) in [5, 5.41) is 2.74. The number of thioether (sulfide) groups is 1. The third kappa shape index (κ3) is 4.57. The number of amides is 3. The van der Waals surface area contributed by atoms with E-state index in [0.29, 0.717) is 40.8 Å². The summed E-state index contributed by atoms with van der Waals surface area (Å²) in [6, 6.07) is 15.3. The SMILES string of the molecule is CCOc1ccc(NC(=O)CN2C(=O)S/C(=C/c3cc4ccccc4oc3=O)C2=O)cc1. The quantitative estimate of drug-likeness (QED) is 0.449. The number of imide groups is 1. The van der Waals surface area contributed by atoms with Crippen molar-refractivity contribution in [1.29, 1.82) is 0 Å². The highest BCUT2D eigenvalue weighted by Crippen LogP contribution is 2.32. The lowest BCUT2D eigenvalue weighted by Crippen LogP contribution is -2.36. The molecule has 162 valence electrons. The molecule has 2 aromatic carbocycles. The van der Waals surface area contributed by atoms with Crippen LogP contribution in [-0.2, 0) is 9.59 Å². The Bertz CT molecular complexity index is 1300. The van der Waals surface area contributed by atoms with Gasteiger partial charge in [0.25, 0.3) is 11.1 Å². The van der Waals surface area contributed by atoms with Crippen molar-refractivity contribution in [3.05, 3.63) is 75.5 Å². The van der Waals surface area contributed by atoms with Crippen LogP contribution in [0.5, 0.6) is 5.75 Å². The van der Waals surface area contributed by atoms with Crippen molar-refractivity contribution in [3.63, 3.8) is 0 Å². The lowest BCUT2D eigenvalue weighted by atomic mass is 10.2. The van der Waals surface area contributed by atoms with E-state index in [0.717, 1.165) is 4.90 Å². The van der Waals surface area contributed by atoms with Gasteiger partial charge in [0, 0.05) is 11.1 Å². The number of hydrogen-bond donors (Lipinski definition) is 1. The van der Waals surface area contributed by atoms with E-state index in [4.69, 9.17) is 9.15 Å². The van der Waals surface area contributed by atoms with Crippen molar-refractivity contribution in [2.75, 3.05) is 18.5 Å². The molecule has 0 radical (unpaired) electrons. The van der Waals surface area contributed by atoms with Crippen LogP contribution in [0.4, 0.5) is 10.5 Å². The summed E-state index contributed by atoms with van der Waals surface area (Å²) < 4.78 is 10.6. The van der Waals surface area contributed by atoms with Crippen molar-refractivity contribution in [2.45, 2.75) is 6.92 Å². The third-order valence-corrected chi connectivity index (χ3v) is 5.49. The predicted octanol–water partition coefficient (Wildman–Crippen LogP) is 3.87. The Labute approximate surface area is 186 Å². The molecule has 3 aromatic rings. The predicted molar refractivity (Wildman–Crippen MR) is 121 cm³/mol. The monoisotopic (exact) mass is 450 g/mol. The Morgan fingerprint density at radius 1 is 1.12 bits per heavy atom. The number of carbonyl (C=O) groups excluding carboxylic acids is 3. The highest BCUT2D eigenvalue weighted by molar-refractivity contribution is 8.18. The van der Waals surface area contributed by atoms with Crippen molar-refractivity contribution < 1.29 is 23.5 Å². The Morgan fingerprint density at radius 3 is 2.62 bits per heavy atom. The first kappa shape index (κ1) is 21.4. The van der Waals surface area contributed by atoms with Gasteiger partial charge in [0.2, 0.25) is 5.91 Å². The van der Waals surface area contributed by atoms with E-state index in [9.17, 15) is 19.2 Å². The van der Waals surface area contributed by atoms with Crippen molar-refractivity contribution in [3.8, 4) is 5.75 Å². The van der Waals surface area contributed by atoms with E-state index in [1.807, 2.05) is 6.92 Å². The van der Waals surface area contributed by atoms with Crippen LogP contribution in [0.15, 0.2) is 68.7 Å². The lowest BCUT2D eigenvalue weighted by Gasteiger charge is -2.12. The summed E-state index contributed by atoms with van der Waals surface area (Å²) in [4.78, 5) is 50.5. The van der Waals surface area contributed by atoms with E-state index in [1.54, 1.807) is 54.6 Å². The third-order valence-electron chi connectivity index (χ3n) is 4.58. The molecular formula is C23H18N2O6S. The Balaban J connectivity index is 1.47. The molecule has 0 unspecified atom stereocenters. The summed E-state index contributed by atoms with van der Waals surface area (Å²) in [5.41, 5.74) is 0.459. The van der Waals surface area contributed by atoms with E-state index in [-0.39, 0.29) is 10.5 Å². The Morgan fingerprint density at radius 2 is 1.88 bits per heavy atom. The van der Waals surface area contributed by atoms with Crippen LogP contribution in [0.1, 0.15) is 12.5 Å². The smallest absolute Gasteiger partial charge is 0.343 e. The summed E-state index contributed by atoms with van der Waals surface area (Å²) in [6.07, 6.45) is 1.31. The van der Waals surface area contributed by atoms with Gasteiger partial charge in [-0.2, -0.15) is 0 Å². The molecule has 0 saturated carbocycles. The topological polar surface area (TPSA) is 106 Å². The molecule has 0 atom stereocenters. The second kappa shape index (κ2) is 9.11. The van der Waals surface area contributed by atoms with Gasteiger partial charge in [-0.3, -0.25) is 19.3 Å². The standard InChI is InChI=1S/C23H18N2O6S/c1-2-30-17-9-7-16(8-10-17)24-20(26)13-25-21(27)19(32-23(25)29)12-15-11-14-5-3-4-6-18(14)31-22(15)28/h3-12H,2,13H2,1H3,(H,24,26)/b19-12+. The second-order valence-corrected chi connectivity index (χ2v) is 7.79. The molecule has 4 rings (SSSR count). The molecule has 2 heterocycles. The number of para-hydroxylation sites is 1. The largest absolute Gasteiger partial charge is 0.494 e. The minimum absolute atomic E-state index is 0.0476. The fraction of sp³-hybridized carbons (Fsp3) is 0.130. The molecule has 1 aliphatic heterocycles. The van der Waals surface area contributed by atoms with Gasteiger partial charge in [-0.1, -0.05) is 18.2 Å². The minimum Gasteiger partial charge on any atom is -0.494 e. The zero-order valence-corrected chi connectivity index (χ0v) is 17.8. The first-order valence-corrected chi connectivity index (χ1v) is 10.6. The van der Waals surface area contributed by atoms with Crippen LogP contribution in [-0.4, -0.2) is 35.1 Å². The Kier molecular flexibility index (Phi) is 6.09. The molecule has 0 bridgehead atoms. The molecule has 1 N–H and O–H groups in total. The van der Waals surface area contributed by atoms with Crippen LogP contribution in [0.3, 0.4) is 0 Å². The van der Waals surface area contributed by atoms with E-state index in [2.05, 4.69) is 5.32 Å². The minimum atomic E-state index is -0.644. The maximum Gasteiger partial charge on any atom is 0.343 e. The molecule has 1 fully saturated rings. The van der Waals surface area contributed by atoms with Gasteiger partial charge in [0.05, 0.1) is 17.1 Å². The summed E-state index contributed by atoms with van der Waals surface area (Å²) in [6.45, 7) is 1.95. The van der Waals surface area contributed by atoms with Gasteiger partial charge in [-0.05, 0) is 61.2 Å². The molecule has 3 amide bonds. The molecule has 0 aliphatic carbocycles. The van der Waals surface area contributed by atoms with Gasteiger partial charge in [0.15, 0.2) is 0 Å². The van der Waals surface area contributed by atoms with Crippen molar-refractivity contribution in [1.82, 2.24) is 4.90 Å². The normalized spacial score (nSPS) is 14.9. The van der Waals surface area contributed by atoms with Gasteiger partial charge < -0.3 is 14.5 Å². The van der Waals surface area contributed by atoms with Crippen LogP contribution in [0, 0.1) is 0 Å². The lowest BCUT2D eigenvalue weighted by molar-refractivity contribution is -0.127. The highest BCUT2D eigenvalue weighted by atomic mass is 32.2. The molecule has 1 aliphatic rings. The first-order chi connectivity index (χ1) is 15.4. The molecule has 1 aromatic heterocycles. The van der Waals surface area contributed by atoms with Crippen LogP contribution in [0.25, 0.3) is 17.0 Å². The molecular weight excluding hydrogens is 432 g/mol. The van der Waals surface area contributed by atoms with Gasteiger partial charge in [0.1, 0.15) is 17.9 Å². The fourth-order valence-corrected chi connectivity index (χ4v) is 3.93. The van der Waals surface area contributed by atoms with E-state index < -0.39 is 29.2 Å². The molecule has 9 heteroatoms. The number of benzene rings is 2. The maximum absolute atomic E-state index is 12.7. The zero-order valence-electron chi connectivity index (χ0n) is 17.0. The second-order valence-electron chi connectivity index (χ2n) is 6.80. The molecule has 0 spiro atoms.